The summed E-state index contributed by atoms with van der Waals surface area (Å²) in [6.45, 7) is 0. The van der Waals surface area contributed by atoms with Gasteiger partial charge in [-0.05, 0) is 18.2 Å². The molecule has 0 radical (unpaired) electrons. The summed E-state index contributed by atoms with van der Waals surface area (Å²) in [6.07, 6.45) is 1.31. The van der Waals surface area contributed by atoms with Crippen molar-refractivity contribution >= 4 is 17.7 Å². The van der Waals surface area contributed by atoms with Gasteiger partial charge in [0.25, 0.3) is 5.56 Å². The average Bonchev–Trinajstić information content (AvgIpc) is 2.29. The van der Waals surface area contributed by atoms with Crippen LogP contribution in [0.15, 0.2) is 51.4 Å². The smallest absolute Gasteiger partial charge is 0.335 e. The Bertz CT molecular complexity index is 609. The van der Waals surface area contributed by atoms with E-state index in [0.717, 1.165) is 4.90 Å². The van der Waals surface area contributed by atoms with E-state index >= 15 is 0 Å². The van der Waals surface area contributed by atoms with Gasteiger partial charge in [0.05, 0.1) is 11.9 Å². The van der Waals surface area contributed by atoms with E-state index in [-0.39, 0.29) is 11.1 Å². The highest BCUT2D eigenvalue weighted by atomic mass is 32.2. The fourth-order valence-corrected chi connectivity index (χ4v) is 2.07. The molecule has 17 heavy (non-hydrogen) atoms. The third kappa shape index (κ3) is 2.94. The lowest BCUT2D eigenvalue weighted by Gasteiger charge is -2.01. The highest BCUT2D eigenvalue weighted by Gasteiger charge is 2.05. The van der Waals surface area contributed by atoms with E-state index < -0.39 is 5.97 Å². The first-order valence-corrected chi connectivity index (χ1v) is 5.53. The molecule has 6 heteroatoms. The molecule has 86 valence electrons. The fourth-order valence-electron chi connectivity index (χ4n) is 1.22. The van der Waals surface area contributed by atoms with E-state index in [9.17, 15) is 9.59 Å². The maximum Gasteiger partial charge on any atom is 0.335 e. The van der Waals surface area contributed by atoms with Crippen LogP contribution < -0.4 is 5.56 Å². The first kappa shape index (κ1) is 11.4. The Balaban J connectivity index is 2.27. The van der Waals surface area contributed by atoms with Gasteiger partial charge in [-0.25, -0.2) is 9.78 Å². The molecule has 0 spiro atoms. The predicted molar refractivity (Wildman–Crippen MR) is 62.4 cm³/mol. The van der Waals surface area contributed by atoms with Crippen LogP contribution in [0.2, 0.25) is 0 Å². The van der Waals surface area contributed by atoms with E-state index in [1.807, 2.05) is 0 Å². The van der Waals surface area contributed by atoms with Gasteiger partial charge < -0.3 is 10.1 Å². The van der Waals surface area contributed by atoms with Crippen molar-refractivity contribution in [3.63, 3.8) is 0 Å². The molecule has 0 atom stereocenters. The number of hydrogen-bond acceptors (Lipinski definition) is 4. The number of rotatable bonds is 3. The summed E-state index contributed by atoms with van der Waals surface area (Å²) >= 11 is 1.24. The van der Waals surface area contributed by atoms with E-state index in [1.165, 1.54) is 36.3 Å². The van der Waals surface area contributed by atoms with Crippen LogP contribution in [0.3, 0.4) is 0 Å². The second-order valence-electron chi connectivity index (χ2n) is 3.18. The van der Waals surface area contributed by atoms with Crippen LogP contribution in [-0.2, 0) is 0 Å². The number of nitrogens with zero attached hydrogens (tertiary/aromatic N) is 1. The average molecular weight is 248 g/mol. The third-order valence-electron chi connectivity index (χ3n) is 1.96. The van der Waals surface area contributed by atoms with Crippen molar-refractivity contribution in [2.24, 2.45) is 0 Å². The Hall–Kier alpha value is -2.08. The first-order valence-electron chi connectivity index (χ1n) is 4.71. The number of nitrogens with one attached hydrogen (secondary N) is 1. The van der Waals surface area contributed by atoms with Gasteiger partial charge in [-0.3, -0.25) is 4.79 Å². The van der Waals surface area contributed by atoms with Gasteiger partial charge in [-0.2, -0.15) is 0 Å². The van der Waals surface area contributed by atoms with Crippen molar-refractivity contribution < 1.29 is 9.90 Å². The number of H-pyrrole nitrogens is 1. The molecule has 0 saturated carbocycles. The number of carbonyl (C=O) groups is 1. The maximum atomic E-state index is 11.1. The van der Waals surface area contributed by atoms with Crippen molar-refractivity contribution in [1.82, 2.24) is 9.97 Å². The number of hydrogen-bond donors (Lipinski definition) is 2. The molecule has 0 amide bonds. The zero-order valence-corrected chi connectivity index (χ0v) is 9.40. The zero-order chi connectivity index (χ0) is 12.3. The summed E-state index contributed by atoms with van der Waals surface area (Å²) in [4.78, 5) is 28.9. The van der Waals surface area contributed by atoms with Crippen LogP contribution in [-0.4, -0.2) is 21.0 Å². The molecule has 1 heterocycles. The summed E-state index contributed by atoms with van der Waals surface area (Å²) in [5.74, 6) is -0.980. The molecule has 0 fully saturated rings. The number of carboxylic acid groups (broad SMARTS) is 1. The van der Waals surface area contributed by atoms with Gasteiger partial charge in [-0.1, -0.05) is 17.8 Å². The molecule has 1 aromatic heterocycles. The normalized spacial score (nSPS) is 10.1. The lowest BCUT2D eigenvalue weighted by Crippen LogP contribution is -2.03. The molecule has 0 aliphatic carbocycles. The van der Waals surface area contributed by atoms with Gasteiger partial charge in [-0.15, -0.1) is 0 Å². The summed E-state index contributed by atoms with van der Waals surface area (Å²) in [5, 5.41) is 9.36. The molecular formula is C11H8N2O3S. The van der Waals surface area contributed by atoms with Crippen LogP contribution in [0.1, 0.15) is 10.4 Å². The highest BCUT2D eigenvalue weighted by Crippen LogP contribution is 2.25. The largest absolute Gasteiger partial charge is 0.478 e. The van der Waals surface area contributed by atoms with Gasteiger partial charge in [0.15, 0.2) is 0 Å². The minimum Gasteiger partial charge on any atom is -0.478 e. The molecular weight excluding hydrogens is 240 g/mol. The van der Waals surface area contributed by atoms with Gasteiger partial charge in [0.1, 0.15) is 5.03 Å². The van der Waals surface area contributed by atoms with Crippen LogP contribution in [0.5, 0.6) is 0 Å². The van der Waals surface area contributed by atoms with Crippen LogP contribution in [0.25, 0.3) is 0 Å². The molecule has 2 N–H and O–H groups in total. The Morgan fingerprint density at radius 3 is 2.88 bits per heavy atom. The van der Waals surface area contributed by atoms with Crippen molar-refractivity contribution in [2.45, 2.75) is 9.92 Å². The summed E-state index contributed by atoms with van der Waals surface area (Å²) in [6, 6.07) is 7.82. The van der Waals surface area contributed by atoms with Crippen LogP contribution in [0.4, 0.5) is 0 Å². The predicted octanol–water partition coefficient (Wildman–Crippen LogP) is 1.62. The van der Waals surface area contributed by atoms with Crippen LogP contribution in [0, 0.1) is 0 Å². The molecule has 0 bridgehead atoms. The van der Waals surface area contributed by atoms with Gasteiger partial charge >= 0.3 is 5.97 Å². The molecule has 0 aliphatic rings. The second kappa shape index (κ2) is 4.84. The second-order valence-corrected chi connectivity index (χ2v) is 4.28. The Kier molecular flexibility index (Phi) is 3.24. The first-order chi connectivity index (χ1) is 8.15. The van der Waals surface area contributed by atoms with E-state index in [2.05, 4.69) is 9.97 Å². The molecule has 0 unspecified atom stereocenters. The minimum absolute atomic E-state index is 0.208. The molecule has 2 rings (SSSR count). The third-order valence-corrected chi connectivity index (χ3v) is 2.88. The number of aromatic amines is 1. The quantitative estimate of drug-likeness (QED) is 0.806. The van der Waals surface area contributed by atoms with Crippen molar-refractivity contribution in [3.05, 3.63) is 52.6 Å². The SMILES string of the molecule is O=C(O)c1cccc(Sc2cc(=O)[nH]cn2)c1. The van der Waals surface area contributed by atoms with Crippen LogP contribution >= 0.6 is 11.8 Å². The summed E-state index contributed by atoms with van der Waals surface area (Å²) < 4.78 is 0. The van der Waals surface area contributed by atoms with Gasteiger partial charge in [0, 0.05) is 11.0 Å². The van der Waals surface area contributed by atoms with E-state index in [1.54, 1.807) is 12.1 Å². The van der Waals surface area contributed by atoms with E-state index in [4.69, 9.17) is 5.11 Å². The molecule has 0 aliphatic heterocycles. The monoisotopic (exact) mass is 248 g/mol. The maximum absolute atomic E-state index is 11.1. The van der Waals surface area contributed by atoms with E-state index in [0.29, 0.717) is 5.03 Å². The van der Waals surface area contributed by atoms with Crippen molar-refractivity contribution in [3.8, 4) is 0 Å². The Morgan fingerprint density at radius 1 is 1.35 bits per heavy atom. The summed E-state index contributed by atoms with van der Waals surface area (Å²) in [7, 11) is 0. The molecule has 5 nitrogen and oxygen atoms in total. The van der Waals surface area contributed by atoms with Crippen molar-refractivity contribution in [1.29, 1.82) is 0 Å². The number of carboxylic acids is 1. The lowest BCUT2D eigenvalue weighted by molar-refractivity contribution is 0.0696. The summed E-state index contributed by atoms with van der Waals surface area (Å²) in [5.41, 5.74) is -0.0308. The number of aromatic nitrogens is 2. The highest BCUT2D eigenvalue weighted by molar-refractivity contribution is 7.99. The fraction of sp³-hybridized carbons (Fsp3) is 0. The standard InChI is InChI=1S/C11H8N2O3S/c14-9-5-10(13-6-12-9)17-8-3-1-2-7(4-8)11(15)16/h1-6H,(H,15,16)(H,12,13,14). The lowest BCUT2D eigenvalue weighted by atomic mass is 10.2. The molecule has 1 aromatic carbocycles. The zero-order valence-electron chi connectivity index (χ0n) is 8.58. The number of benzene rings is 1. The molecule has 0 saturated heterocycles. The minimum atomic E-state index is -0.980. The molecule has 2 aromatic rings. The number of aromatic carboxylic acids is 1. The topological polar surface area (TPSA) is 83.0 Å². The van der Waals surface area contributed by atoms with Gasteiger partial charge in [0.2, 0.25) is 0 Å². The van der Waals surface area contributed by atoms with Crippen molar-refractivity contribution in [2.75, 3.05) is 0 Å². The Morgan fingerprint density at radius 2 is 2.18 bits per heavy atom. The Labute approximate surface area is 101 Å².